The Hall–Kier alpha value is -1.82. The zero-order valence-electron chi connectivity index (χ0n) is 11.1. The van der Waals surface area contributed by atoms with Crippen molar-refractivity contribution >= 4 is 38.7 Å². The number of hydrogen-bond acceptors (Lipinski definition) is 2. The molecule has 0 amide bonds. The fourth-order valence-electron chi connectivity index (χ4n) is 2.46. The third-order valence-electron chi connectivity index (χ3n) is 3.37. The standard InChI is InChI=1S/C14H14BrN3O2/c1-7(2)8-4-3-5-10-12(8)17-14-16-9(6-11(19)20)13(15)18(10)14/h3-5,7H,6H2,1-2H3,(H,16,17)(H,19,20). The number of halogens is 1. The lowest BCUT2D eigenvalue weighted by molar-refractivity contribution is -0.136. The van der Waals surface area contributed by atoms with Crippen LogP contribution in [0.3, 0.4) is 0 Å². The molecule has 2 N–H and O–H groups in total. The Kier molecular flexibility index (Phi) is 3.05. The van der Waals surface area contributed by atoms with Crippen molar-refractivity contribution in [3.8, 4) is 0 Å². The number of carboxylic acids is 1. The topological polar surface area (TPSA) is 70.4 Å². The Morgan fingerprint density at radius 1 is 1.50 bits per heavy atom. The molecule has 5 nitrogen and oxygen atoms in total. The number of nitrogens with one attached hydrogen (secondary N) is 1. The molecule has 2 heterocycles. The van der Waals surface area contributed by atoms with Gasteiger partial charge in [-0.2, -0.15) is 0 Å². The molecular weight excluding hydrogens is 322 g/mol. The summed E-state index contributed by atoms with van der Waals surface area (Å²) in [5, 5.41) is 8.91. The van der Waals surface area contributed by atoms with E-state index in [0.717, 1.165) is 15.6 Å². The molecule has 0 radical (unpaired) electrons. The summed E-state index contributed by atoms with van der Waals surface area (Å²) in [5.41, 5.74) is 3.74. The largest absolute Gasteiger partial charge is 0.481 e. The number of nitrogens with zero attached hydrogens (tertiary/aromatic N) is 2. The molecule has 2 aromatic heterocycles. The molecule has 0 saturated carbocycles. The molecule has 0 atom stereocenters. The van der Waals surface area contributed by atoms with Gasteiger partial charge in [0.25, 0.3) is 0 Å². The van der Waals surface area contributed by atoms with Gasteiger partial charge in [0.15, 0.2) is 0 Å². The van der Waals surface area contributed by atoms with Gasteiger partial charge in [0.05, 0.1) is 23.1 Å². The summed E-state index contributed by atoms with van der Waals surface area (Å²) in [6.07, 6.45) is -0.0602. The number of carboxylic acid groups (broad SMARTS) is 1. The van der Waals surface area contributed by atoms with Crippen LogP contribution in [0.5, 0.6) is 0 Å². The monoisotopic (exact) mass is 335 g/mol. The molecule has 3 aromatic rings. The molecule has 6 heteroatoms. The summed E-state index contributed by atoms with van der Waals surface area (Å²) < 4.78 is 2.64. The lowest BCUT2D eigenvalue weighted by Crippen LogP contribution is -2.01. The minimum absolute atomic E-state index is 0.0602. The second-order valence-electron chi connectivity index (χ2n) is 5.11. The normalized spacial score (nSPS) is 11.8. The van der Waals surface area contributed by atoms with Gasteiger partial charge in [-0.3, -0.25) is 9.20 Å². The second-order valence-corrected chi connectivity index (χ2v) is 5.86. The first-order valence-electron chi connectivity index (χ1n) is 6.38. The third-order valence-corrected chi connectivity index (χ3v) is 4.21. The number of para-hydroxylation sites is 1. The van der Waals surface area contributed by atoms with E-state index in [2.05, 4.69) is 45.8 Å². The fourth-order valence-corrected chi connectivity index (χ4v) is 3.06. The molecule has 0 spiro atoms. The van der Waals surface area contributed by atoms with E-state index in [4.69, 9.17) is 5.11 Å². The van der Waals surface area contributed by atoms with E-state index in [0.29, 0.717) is 17.4 Å². The van der Waals surface area contributed by atoms with Crippen LogP contribution in [0, 0.1) is 0 Å². The van der Waals surface area contributed by atoms with E-state index < -0.39 is 5.97 Å². The summed E-state index contributed by atoms with van der Waals surface area (Å²) in [6.45, 7) is 4.26. The first-order valence-corrected chi connectivity index (χ1v) is 7.17. The predicted molar refractivity (Wildman–Crippen MR) is 80.2 cm³/mol. The van der Waals surface area contributed by atoms with Crippen LogP contribution in [0.15, 0.2) is 22.8 Å². The van der Waals surface area contributed by atoms with Crippen LogP contribution < -0.4 is 0 Å². The molecule has 0 unspecified atom stereocenters. The van der Waals surface area contributed by atoms with Crippen LogP contribution in [0.25, 0.3) is 16.8 Å². The molecule has 0 bridgehead atoms. The lowest BCUT2D eigenvalue weighted by Gasteiger charge is -2.05. The average molecular weight is 336 g/mol. The highest BCUT2D eigenvalue weighted by atomic mass is 79.9. The molecule has 0 aliphatic carbocycles. The molecule has 0 fully saturated rings. The van der Waals surface area contributed by atoms with E-state index in [1.807, 2.05) is 16.5 Å². The molecule has 104 valence electrons. The highest BCUT2D eigenvalue weighted by Crippen LogP contribution is 2.29. The van der Waals surface area contributed by atoms with Gasteiger partial charge in [-0.15, -0.1) is 0 Å². The van der Waals surface area contributed by atoms with Gasteiger partial charge in [-0.1, -0.05) is 26.0 Å². The summed E-state index contributed by atoms with van der Waals surface area (Å²) in [7, 11) is 0. The number of aromatic nitrogens is 3. The Balaban J connectivity index is 2.30. The van der Waals surface area contributed by atoms with Gasteiger partial charge < -0.3 is 10.1 Å². The Morgan fingerprint density at radius 2 is 2.25 bits per heavy atom. The minimum Gasteiger partial charge on any atom is -0.481 e. The van der Waals surface area contributed by atoms with Gasteiger partial charge in [-0.05, 0) is 33.5 Å². The molecular formula is C14H14BrN3O2. The van der Waals surface area contributed by atoms with Crippen molar-refractivity contribution in [3.63, 3.8) is 0 Å². The van der Waals surface area contributed by atoms with Crippen LogP contribution in [0.1, 0.15) is 31.0 Å². The van der Waals surface area contributed by atoms with Gasteiger partial charge in [0, 0.05) is 0 Å². The first kappa shape index (κ1) is 13.2. The highest BCUT2D eigenvalue weighted by molar-refractivity contribution is 9.10. The van der Waals surface area contributed by atoms with Crippen LogP contribution in [-0.2, 0) is 11.2 Å². The number of hydrogen-bond donors (Lipinski definition) is 2. The van der Waals surface area contributed by atoms with E-state index >= 15 is 0 Å². The van der Waals surface area contributed by atoms with Crippen molar-refractivity contribution in [2.45, 2.75) is 26.2 Å². The third kappa shape index (κ3) is 1.91. The summed E-state index contributed by atoms with van der Waals surface area (Å²) in [4.78, 5) is 18.5. The second kappa shape index (κ2) is 4.63. The number of benzene rings is 1. The Morgan fingerprint density at radius 3 is 2.90 bits per heavy atom. The zero-order valence-corrected chi connectivity index (χ0v) is 12.7. The quantitative estimate of drug-likeness (QED) is 0.771. The number of aliphatic carboxylic acids is 1. The number of rotatable bonds is 3. The SMILES string of the molecule is CC(C)c1cccc2c1nc1[nH]c(CC(=O)O)c(Br)n12. The summed E-state index contributed by atoms with van der Waals surface area (Å²) >= 11 is 3.47. The number of imidazole rings is 2. The maximum absolute atomic E-state index is 10.9. The van der Waals surface area contributed by atoms with Crippen molar-refractivity contribution in [2.24, 2.45) is 0 Å². The molecule has 20 heavy (non-hydrogen) atoms. The van der Waals surface area contributed by atoms with Crippen LogP contribution >= 0.6 is 15.9 Å². The number of fused-ring (bicyclic) bond motifs is 3. The van der Waals surface area contributed by atoms with Crippen LogP contribution in [-0.4, -0.2) is 25.4 Å². The van der Waals surface area contributed by atoms with Gasteiger partial charge in [-0.25, -0.2) is 4.98 Å². The van der Waals surface area contributed by atoms with Gasteiger partial charge in [0.2, 0.25) is 5.78 Å². The van der Waals surface area contributed by atoms with Crippen molar-refractivity contribution < 1.29 is 9.90 Å². The Bertz CT molecular complexity index is 817. The molecule has 1 aromatic carbocycles. The van der Waals surface area contributed by atoms with Crippen LogP contribution in [0.2, 0.25) is 0 Å². The molecule has 0 saturated heterocycles. The van der Waals surface area contributed by atoms with Crippen molar-refractivity contribution in [1.82, 2.24) is 14.4 Å². The minimum atomic E-state index is -0.873. The molecule has 0 aliphatic heterocycles. The number of H-pyrrole nitrogens is 1. The zero-order chi connectivity index (χ0) is 14.4. The van der Waals surface area contributed by atoms with E-state index in [-0.39, 0.29) is 6.42 Å². The molecule has 3 rings (SSSR count). The summed E-state index contributed by atoms with van der Waals surface area (Å²) in [5.74, 6) is 0.175. The highest BCUT2D eigenvalue weighted by Gasteiger charge is 2.18. The van der Waals surface area contributed by atoms with E-state index in [9.17, 15) is 4.79 Å². The number of carbonyl (C=O) groups is 1. The maximum Gasteiger partial charge on any atom is 0.309 e. The number of aromatic amines is 1. The average Bonchev–Trinajstić information content (AvgIpc) is 2.86. The maximum atomic E-state index is 10.9. The molecule has 0 aliphatic rings. The predicted octanol–water partition coefficient (Wildman–Crippen LogP) is 3.33. The van der Waals surface area contributed by atoms with Gasteiger partial charge in [0.1, 0.15) is 4.60 Å². The van der Waals surface area contributed by atoms with Gasteiger partial charge >= 0.3 is 5.97 Å². The fraction of sp³-hybridized carbons (Fsp3) is 0.286. The Labute approximate surface area is 123 Å². The van der Waals surface area contributed by atoms with Crippen molar-refractivity contribution in [1.29, 1.82) is 0 Å². The van der Waals surface area contributed by atoms with Crippen LogP contribution in [0.4, 0.5) is 0 Å². The van der Waals surface area contributed by atoms with E-state index in [1.165, 1.54) is 5.56 Å². The van der Waals surface area contributed by atoms with Crippen molar-refractivity contribution in [2.75, 3.05) is 0 Å². The first-order chi connectivity index (χ1) is 9.49. The van der Waals surface area contributed by atoms with Crippen molar-refractivity contribution in [3.05, 3.63) is 34.1 Å². The summed E-state index contributed by atoms with van der Waals surface area (Å²) in [6, 6.07) is 6.07. The lowest BCUT2D eigenvalue weighted by atomic mass is 10.0. The van der Waals surface area contributed by atoms with E-state index in [1.54, 1.807) is 0 Å². The smallest absolute Gasteiger partial charge is 0.309 e.